The lowest BCUT2D eigenvalue weighted by Gasteiger charge is -2.14. The minimum Gasteiger partial charge on any atom is -0.481 e. The van der Waals surface area contributed by atoms with Gasteiger partial charge in [-0.1, -0.05) is 13.3 Å². The van der Waals surface area contributed by atoms with Crippen molar-refractivity contribution in [2.45, 2.75) is 26.7 Å². The number of carboxylic acids is 1. The van der Waals surface area contributed by atoms with Crippen LogP contribution in [0.5, 0.6) is 5.88 Å². The number of carboxylic acid groups (broad SMARTS) is 1. The Morgan fingerprint density at radius 3 is 2.83 bits per heavy atom. The van der Waals surface area contributed by atoms with Gasteiger partial charge in [0.05, 0.1) is 18.6 Å². The third-order valence-electron chi connectivity index (χ3n) is 2.73. The van der Waals surface area contributed by atoms with E-state index < -0.39 is 11.9 Å². The van der Waals surface area contributed by atoms with Crippen LogP contribution in [0.2, 0.25) is 0 Å². The fourth-order valence-electron chi connectivity index (χ4n) is 1.70. The van der Waals surface area contributed by atoms with Gasteiger partial charge in [0.1, 0.15) is 12.1 Å². The molecular formula is C12H19N3O3. The van der Waals surface area contributed by atoms with E-state index in [1.165, 1.54) is 13.4 Å². The zero-order valence-corrected chi connectivity index (χ0v) is 10.9. The Labute approximate surface area is 106 Å². The summed E-state index contributed by atoms with van der Waals surface area (Å²) in [5.74, 6) is -0.0857. The highest BCUT2D eigenvalue weighted by molar-refractivity contribution is 5.70. The van der Waals surface area contributed by atoms with E-state index in [4.69, 9.17) is 9.84 Å². The maximum absolute atomic E-state index is 11.0. The fourth-order valence-corrected chi connectivity index (χ4v) is 1.70. The lowest BCUT2D eigenvalue weighted by atomic mass is 10.0. The summed E-state index contributed by atoms with van der Waals surface area (Å²) in [6.45, 7) is 4.15. The second-order valence-electron chi connectivity index (χ2n) is 4.06. The maximum Gasteiger partial charge on any atom is 0.308 e. The van der Waals surface area contributed by atoms with Gasteiger partial charge in [-0.05, 0) is 13.3 Å². The van der Waals surface area contributed by atoms with Gasteiger partial charge < -0.3 is 15.2 Å². The molecule has 0 saturated heterocycles. The predicted molar refractivity (Wildman–Crippen MR) is 67.8 cm³/mol. The Morgan fingerprint density at radius 2 is 2.28 bits per heavy atom. The van der Waals surface area contributed by atoms with Gasteiger partial charge in [0.2, 0.25) is 5.88 Å². The molecule has 1 aromatic heterocycles. The second kappa shape index (κ2) is 6.78. The van der Waals surface area contributed by atoms with Crippen LogP contribution in [0.1, 0.15) is 25.3 Å². The summed E-state index contributed by atoms with van der Waals surface area (Å²) in [6.07, 6.45) is 2.87. The number of aliphatic carboxylic acids is 1. The van der Waals surface area contributed by atoms with E-state index in [-0.39, 0.29) is 0 Å². The Bertz CT molecular complexity index is 410. The number of carbonyl (C=O) groups is 1. The molecule has 6 nitrogen and oxygen atoms in total. The fraction of sp³-hybridized carbons (Fsp3) is 0.583. The average molecular weight is 253 g/mol. The second-order valence-corrected chi connectivity index (χ2v) is 4.06. The third-order valence-corrected chi connectivity index (χ3v) is 2.73. The number of methoxy groups -OCH3 is 1. The van der Waals surface area contributed by atoms with Crippen molar-refractivity contribution in [2.24, 2.45) is 5.92 Å². The van der Waals surface area contributed by atoms with Crippen molar-refractivity contribution in [1.29, 1.82) is 0 Å². The largest absolute Gasteiger partial charge is 0.481 e. The molecule has 1 heterocycles. The molecular weight excluding hydrogens is 234 g/mol. The van der Waals surface area contributed by atoms with Crippen molar-refractivity contribution in [3.63, 3.8) is 0 Å². The molecule has 2 N–H and O–H groups in total. The van der Waals surface area contributed by atoms with Crippen molar-refractivity contribution < 1.29 is 14.6 Å². The number of rotatable bonds is 7. The summed E-state index contributed by atoms with van der Waals surface area (Å²) in [5, 5.41) is 12.1. The number of nitrogens with one attached hydrogen (secondary N) is 1. The molecule has 1 unspecified atom stereocenters. The molecule has 0 aliphatic carbocycles. The molecule has 0 saturated carbocycles. The quantitative estimate of drug-likeness (QED) is 0.769. The van der Waals surface area contributed by atoms with Gasteiger partial charge in [0.25, 0.3) is 0 Å². The molecule has 1 rings (SSSR count). The standard InChI is InChI=1S/C12H19N3O3/c1-4-5-9(12(16)17)6-13-10-8(2)11(18-3)15-7-14-10/h7,9H,4-6H2,1-3H3,(H,16,17)(H,13,14,15). The van der Waals surface area contributed by atoms with Crippen LogP contribution in [-0.2, 0) is 4.79 Å². The number of nitrogens with zero attached hydrogens (tertiary/aromatic N) is 2. The Morgan fingerprint density at radius 1 is 1.56 bits per heavy atom. The van der Waals surface area contributed by atoms with Crippen molar-refractivity contribution in [3.8, 4) is 5.88 Å². The highest BCUT2D eigenvalue weighted by Crippen LogP contribution is 2.20. The third kappa shape index (κ3) is 3.58. The van der Waals surface area contributed by atoms with Gasteiger partial charge in [-0.25, -0.2) is 9.97 Å². The zero-order chi connectivity index (χ0) is 13.5. The molecule has 6 heteroatoms. The molecule has 0 fully saturated rings. The summed E-state index contributed by atoms with van der Waals surface area (Å²) >= 11 is 0. The number of ether oxygens (including phenoxy) is 1. The molecule has 0 spiro atoms. The predicted octanol–water partition coefficient (Wildman–Crippen LogP) is 1.71. The molecule has 0 aromatic carbocycles. The maximum atomic E-state index is 11.0. The highest BCUT2D eigenvalue weighted by atomic mass is 16.5. The van der Waals surface area contributed by atoms with E-state index in [9.17, 15) is 4.79 Å². The number of hydrogen-bond acceptors (Lipinski definition) is 5. The molecule has 100 valence electrons. The van der Waals surface area contributed by atoms with Gasteiger partial charge in [0.15, 0.2) is 0 Å². The van der Waals surface area contributed by atoms with Gasteiger partial charge >= 0.3 is 5.97 Å². The van der Waals surface area contributed by atoms with Crippen molar-refractivity contribution in [1.82, 2.24) is 9.97 Å². The van der Waals surface area contributed by atoms with Crippen molar-refractivity contribution in [2.75, 3.05) is 19.0 Å². The molecule has 0 bridgehead atoms. The van der Waals surface area contributed by atoms with E-state index in [2.05, 4.69) is 15.3 Å². The summed E-state index contributed by atoms with van der Waals surface area (Å²) in [6, 6.07) is 0. The molecule has 1 atom stereocenters. The molecule has 1 aromatic rings. The van der Waals surface area contributed by atoms with Crippen LogP contribution in [0, 0.1) is 12.8 Å². The molecule has 0 radical (unpaired) electrons. The monoisotopic (exact) mass is 253 g/mol. The highest BCUT2D eigenvalue weighted by Gasteiger charge is 2.17. The topological polar surface area (TPSA) is 84.3 Å². The Kier molecular flexibility index (Phi) is 5.35. The van der Waals surface area contributed by atoms with E-state index in [0.717, 1.165) is 12.0 Å². The number of anilines is 1. The van der Waals surface area contributed by atoms with Crippen LogP contribution in [0.15, 0.2) is 6.33 Å². The van der Waals surface area contributed by atoms with Gasteiger partial charge in [-0.3, -0.25) is 4.79 Å². The average Bonchev–Trinajstić information content (AvgIpc) is 2.35. The van der Waals surface area contributed by atoms with Crippen LogP contribution in [0.3, 0.4) is 0 Å². The SMILES string of the molecule is CCCC(CNc1ncnc(OC)c1C)C(=O)O. The molecule has 0 aliphatic rings. The van der Waals surface area contributed by atoms with Crippen molar-refractivity contribution >= 4 is 11.8 Å². The van der Waals surface area contributed by atoms with Crippen LogP contribution >= 0.6 is 0 Å². The van der Waals surface area contributed by atoms with Gasteiger partial charge in [-0.15, -0.1) is 0 Å². The molecule has 0 amide bonds. The number of aromatic nitrogens is 2. The van der Waals surface area contributed by atoms with Crippen LogP contribution in [-0.4, -0.2) is 34.7 Å². The summed E-state index contributed by atoms with van der Waals surface area (Å²) in [7, 11) is 1.54. The van der Waals surface area contributed by atoms with E-state index >= 15 is 0 Å². The summed E-state index contributed by atoms with van der Waals surface area (Å²) in [4.78, 5) is 19.1. The Balaban J connectivity index is 2.70. The van der Waals surface area contributed by atoms with Gasteiger partial charge in [-0.2, -0.15) is 0 Å². The lowest BCUT2D eigenvalue weighted by molar-refractivity contribution is -0.141. The minimum atomic E-state index is -0.789. The van der Waals surface area contributed by atoms with E-state index in [0.29, 0.717) is 24.7 Å². The van der Waals surface area contributed by atoms with Crippen LogP contribution < -0.4 is 10.1 Å². The smallest absolute Gasteiger partial charge is 0.308 e. The normalized spacial score (nSPS) is 11.9. The number of hydrogen-bond donors (Lipinski definition) is 2. The lowest BCUT2D eigenvalue weighted by Crippen LogP contribution is -2.23. The van der Waals surface area contributed by atoms with Crippen LogP contribution in [0.4, 0.5) is 5.82 Å². The summed E-state index contributed by atoms with van der Waals surface area (Å²) in [5.41, 5.74) is 0.778. The van der Waals surface area contributed by atoms with Crippen molar-refractivity contribution in [3.05, 3.63) is 11.9 Å². The first-order chi connectivity index (χ1) is 8.60. The van der Waals surface area contributed by atoms with E-state index in [1.54, 1.807) is 0 Å². The summed E-state index contributed by atoms with van der Waals surface area (Å²) < 4.78 is 5.08. The molecule has 18 heavy (non-hydrogen) atoms. The molecule has 0 aliphatic heterocycles. The minimum absolute atomic E-state index is 0.351. The van der Waals surface area contributed by atoms with Crippen LogP contribution in [0.25, 0.3) is 0 Å². The van der Waals surface area contributed by atoms with Gasteiger partial charge in [0, 0.05) is 6.54 Å². The zero-order valence-electron chi connectivity index (χ0n) is 10.9. The first kappa shape index (κ1) is 14.2. The van der Waals surface area contributed by atoms with E-state index in [1.807, 2.05) is 13.8 Å². The first-order valence-electron chi connectivity index (χ1n) is 5.92. The Hall–Kier alpha value is -1.85. The first-order valence-corrected chi connectivity index (χ1v) is 5.92.